The summed E-state index contributed by atoms with van der Waals surface area (Å²) in [6, 6.07) is 11.3. The Morgan fingerprint density at radius 2 is 2.00 bits per heavy atom. The standard InChI is InChI=1S/C21H21N3O3/c1-12-4-6-15(8-13(12)2)24-21-17(11-22-24)16(10-20(26)23-21)14-5-7-19(27-3)18(25)9-14/h4-9,11,16,25H,10H2,1-3H3,(H,23,26). The maximum atomic E-state index is 12.4. The quantitative estimate of drug-likeness (QED) is 0.744. The summed E-state index contributed by atoms with van der Waals surface area (Å²) < 4.78 is 6.87. The molecule has 2 aromatic carbocycles. The van der Waals surface area contributed by atoms with Crippen LogP contribution >= 0.6 is 0 Å². The minimum absolute atomic E-state index is 0.0593. The van der Waals surface area contributed by atoms with Crippen molar-refractivity contribution in [1.82, 2.24) is 9.78 Å². The summed E-state index contributed by atoms with van der Waals surface area (Å²) in [6.07, 6.45) is 2.09. The van der Waals surface area contributed by atoms with Crippen LogP contribution in [0.4, 0.5) is 5.82 Å². The van der Waals surface area contributed by atoms with Gasteiger partial charge >= 0.3 is 0 Å². The first-order valence-corrected chi connectivity index (χ1v) is 8.80. The molecular weight excluding hydrogens is 342 g/mol. The van der Waals surface area contributed by atoms with E-state index in [2.05, 4.69) is 30.3 Å². The third kappa shape index (κ3) is 2.93. The fourth-order valence-electron chi connectivity index (χ4n) is 3.49. The first-order chi connectivity index (χ1) is 13.0. The lowest BCUT2D eigenvalue weighted by Crippen LogP contribution is -2.24. The zero-order chi connectivity index (χ0) is 19.1. The Hall–Kier alpha value is -3.28. The number of aromatic hydroxyl groups is 1. The second-order valence-corrected chi connectivity index (χ2v) is 6.87. The van der Waals surface area contributed by atoms with Crippen LogP contribution in [-0.4, -0.2) is 27.9 Å². The maximum Gasteiger partial charge on any atom is 0.226 e. The van der Waals surface area contributed by atoms with Crippen molar-refractivity contribution in [1.29, 1.82) is 0 Å². The molecule has 0 radical (unpaired) electrons. The number of fused-ring (bicyclic) bond motifs is 1. The number of anilines is 1. The van der Waals surface area contributed by atoms with Crippen molar-refractivity contribution in [2.75, 3.05) is 12.4 Å². The minimum atomic E-state index is -0.175. The molecule has 0 saturated heterocycles. The van der Waals surface area contributed by atoms with Crippen LogP contribution in [0.15, 0.2) is 42.6 Å². The molecule has 0 saturated carbocycles. The smallest absolute Gasteiger partial charge is 0.226 e. The fourth-order valence-corrected chi connectivity index (χ4v) is 3.49. The van der Waals surface area contributed by atoms with Gasteiger partial charge in [-0.1, -0.05) is 12.1 Å². The van der Waals surface area contributed by atoms with Gasteiger partial charge in [0, 0.05) is 17.9 Å². The Bertz CT molecular complexity index is 1040. The van der Waals surface area contributed by atoms with Crippen LogP contribution < -0.4 is 10.1 Å². The van der Waals surface area contributed by atoms with E-state index < -0.39 is 0 Å². The van der Waals surface area contributed by atoms with Crippen molar-refractivity contribution in [3.05, 3.63) is 64.8 Å². The van der Waals surface area contributed by atoms with Crippen molar-refractivity contribution < 1.29 is 14.6 Å². The molecule has 1 aromatic heterocycles. The maximum absolute atomic E-state index is 12.4. The van der Waals surface area contributed by atoms with Crippen molar-refractivity contribution >= 4 is 11.7 Å². The van der Waals surface area contributed by atoms with Gasteiger partial charge in [0.15, 0.2) is 11.5 Å². The molecule has 1 aliphatic rings. The molecule has 1 aliphatic heterocycles. The van der Waals surface area contributed by atoms with Gasteiger partial charge in [0.1, 0.15) is 5.82 Å². The monoisotopic (exact) mass is 363 g/mol. The molecule has 6 nitrogen and oxygen atoms in total. The van der Waals surface area contributed by atoms with Crippen LogP contribution in [0.1, 0.15) is 34.6 Å². The van der Waals surface area contributed by atoms with Gasteiger partial charge in [-0.3, -0.25) is 4.79 Å². The van der Waals surface area contributed by atoms with E-state index in [0.717, 1.165) is 22.4 Å². The SMILES string of the molecule is COc1ccc(C2CC(=O)Nc3c2cnn3-c2ccc(C)c(C)c2)cc1O. The summed E-state index contributed by atoms with van der Waals surface area (Å²) in [7, 11) is 1.51. The van der Waals surface area contributed by atoms with E-state index in [9.17, 15) is 9.90 Å². The van der Waals surface area contributed by atoms with Crippen LogP contribution in [0, 0.1) is 13.8 Å². The average Bonchev–Trinajstić information content (AvgIpc) is 3.07. The molecule has 27 heavy (non-hydrogen) atoms. The zero-order valence-corrected chi connectivity index (χ0v) is 15.5. The van der Waals surface area contributed by atoms with E-state index in [1.54, 1.807) is 23.0 Å². The summed E-state index contributed by atoms with van der Waals surface area (Å²) in [5.41, 5.74) is 5.05. The Morgan fingerprint density at radius 3 is 2.70 bits per heavy atom. The molecule has 2 N–H and O–H groups in total. The minimum Gasteiger partial charge on any atom is -0.504 e. The van der Waals surface area contributed by atoms with Crippen LogP contribution in [0.2, 0.25) is 0 Å². The molecular formula is C21H21N3O3. The van der Waals surface area contributed by atoms with Crippen LogP contribution in [0.25, 0.3) is 5.69 Å². The van der Waals surface area contributed by atoms with E-state index in [4.69, 9.17) is 4.74 Å². The molecule has 1 amide bonds. The van der Waals surface area contributed by atoms with E-state index in [1.807, 2.05) is 18.2 Å². The molecule has 0 spiro atoms. The van der Waals surface area contributed by atoms with E-state index in [-0.39, 0.29) is 17.6 Å². The predicted molar refractivity (Wildman–Crippen MR) is 103 cm³/mol. The highest BCUT2D eigenvalue weighted by atomic mass is 16.5. The van der Waals surface area contributed by atoms with Gasteiger partial charge in [-0.25, -0.2) is 4.68 Å². The lowest BCUT2D eigenvalue weighted by molar-refractivity contribution is -0.116. The Labute approximate surface area is 157 Å². The van der Waals surface area contributed by atoms with Gasteiger partial charge in [-0.2, -0.15) is 5.10 Å². The average molecular weight is 363 g/mol. The van der Waals surface area contributed by atoms with Gasteiger partial charge in [-0.05, 0) is 54.8 Å². The predicted octanol–water partition coefficient (Wildman–Crippen LogP) is 3.68. The van der Waals surface area contributed by atoms with Gasteiger partial charge in [-0.15, -0.1) is 0 Å². The molecule has 0 aliphatic carbocycles. The summed E-state index contributed by atoms with van der Waals surface area (Å²) in [6.45, 7) is 4.11. The number of carbonyl (C=O) groups is 1. The van der Waals surface area contributed by atoms with Gasteiger partial charge < -0.3 is 15.2 Å². The molecule has 138 valence electrons. The number of phenolic OH excluding ortho intramolecular Hbond substituents is 1. The zero-order valence-electron chi connectivity index (χ0n) is 15.5. The van der Waals surface area contributed by atoms with Crippen LogP contribution in [-0.2, 0) is 4.79 Å². The number of aromatic nitrogens is 2. The van der Waals surface area contributed by atoms with Crippen molar-refractivity contribution in [2.45, 2.75) is 26.2 Å². The lowest BCUT2D eigenvalue weighted by atomic mass is 9.87. The van der Waals surface area contributed by atoms with Crippen LogP contribution in [0.3, 0.4) is 0 Å². The van der Waals surface area contributed by atoms with E-state index in [1.165, 1.54) is 12.7 Å². The number of hydrogen-bond donors (Lipinski definition) is 2. The highest BCUT2D eigenvalue weighted by molar-refractivity contribution is 5.94. The molecule has 0 fully saturated rings. The van der Waals surface area contributed by atoms with Crippen LogP contribution in [0.5, 0.6) is 11.5 Å². The molecule has 3 aromatic rings. The topological polar surface area (TPSA) is 76.4 Å². The number of carbonyl (C=O) groups excluding carboxylic acids is 1. The van der Waals surface area contributed by atoms with Gasteiger partial charge in [0.05, 0.1) is 19.0 Å². The van der Waals surface area contributed by atoms with Gasteiger partial charge in [0.2, 0.25) is 5.91 Å². The number of amides is 1. The Balaban J connectivity index is 1.79. The first-order valence-electron chi connectivity index (χ1n) is 8.80. The largest absolute Gasteiger partial charge is 0.504 e. The molecule has 0 bridgehead atoms. The highest BCUT2D eigenvalue weighted by Gasteiger charge is 2.30. The van der Waals surface area contributed by atoms with Crippen molar-refractivity contribution in [3.8, 4) is 17.2 Å². The summed E-state index contributed by atoms with van der Waals surface area (Å²) in [5, 5.41) is 17.6. The number of methoxy groups -OCH3 is 1. The first kappa shape index (κ1) is 17.1. The highest BCUT2D eigenvalue weighted by Crippen LogP contribution is 2.40. The molecule has 1 unspecified atom stereocenters. The van der Waals surface area contributed by atoms with E-state index in [0.29, 0.717) is 18.0 Å². The summed E-state index contributed by atoms with van der Waals surface area (Å²) in [4.78, 5) is 12.4. The number of phenols is 1. The van der Waals surface area contributed by atoms with Crippen molar-refractivity contribution in [3.63, 3.8) is 0 Å². The fraction of sp³-hybridized carbons (Fsp3) is 0.238. The number of nitrogens with one attached hydrogen (secondary N) is 1. The van der Waals surface area contributed by atoms with Gasteiger partial charge in [0.25, 0.3) is 0 Å². The molecule has 6 heteroatoms. The second kappa shape index (κ2) is 6.46. The van der Waals surface area contributed by atoms with E-state index >= 15 is 0 Å². The van der Waals surface area contributed by atoms with Crippen molar-refractivity contribution in [2.24, 2.45) is 0 Å². The Morgan fingerprint density at radius 1 is 1.19 bits per heavy atom. The summed E-state index contributed by atoms with van der Waals surface area (Å²) in [5.74, 6) is 0.892. The second-order valence-electron chi connectivity index (χ2n) is 6.87. The summed E-state index contributed by atoms with van der Waals surface area (Å²) >= 11 is 0. The molecule has 2 heterocycles. The number of aryl methyl sites for hydroxylation is 2. The normalized spacial score (nSPS) is 16.0. The third-order valence-electron chi connectivity index (χ3n) is 5.16. The lowest BCUT2D eigenvalue weighted by Gasteiger charge is -2.24. The Kier molecular flexibility index (Phi) is 4.11. The molecule has 1 atom stereocenters. The number of rotatable bonds is 3. The number of benzene rings is 2. The number of ether oxygens (including phenoxy) is 1. The third-order valence-corrected chi connectivity index (χ3v) is 5.16. The number of hydrogen-bond acceptors (Lipinski definition) is 4. The number of nitrogens with zero attached hydrogens (tertiary/aromatic N) is 2. The molecule has 4 rings (SSSR count).